The van der Waals surface area contributed by atoms with Crippen LogP contribution in [0.3, 0.4) is 0 Å². The third kappa shape index (κ3) is 17.4. The van der Waals surface area contributed by atoms with Crippen LogP contribution in [0.1, 0.15) is 88.5 Å². The number of nitrogens with zero attached hydrogens (tertiary/aromatic N) is 1. The number of hydrogen-bond donors (Lipinski definition) is 13. The first-order valence-corrected chi connectivity index (χ1v) is 25.6. The molecule has 0 bridgehead atoms. The highest BCUT2D eigenvalue weighted by Crippen LogP contribution is 2.21. The van der Waals surface area contributed by atoms with E-state index in [4.69, 9.17) is 11.1 Å². The molecule has 2 aromatic heterocycles. The van der Waals surface area contributed by atoms with Crippen molar-refractivity contribution >= 4 is 74.9 Å². The smallest absolute Gasteiger partial charge is 0.243 e. The number of para-hydroxylation sites is 1. The molecule has 1 saturated heterocycles. The fourth-order valence-corrected chi connectivity index (χ4v) is 8.89. The molecule has 0 saturated carbocycles. The summed E-state index contributed by atoms with van der Waals surface area (Å²) in [6.07, 6.45) is 6.91. The number of benzene rings is 3. The Morgan fingerprint density at radius 2 is 1.43 bits per heavy atom. The van der Waals surface area contributed by atoms with E-state index in [2.05, 4.69) is 62.8 Å². The van der Waals surface area contributed by atoms with Crippen molar-refractivity contribution in [2.75, 3.05) is 19.6 Å². The molecule has 8 amide bonds. The maximum Gasteiger partial charge on any atom is 0.243 e. The Labute approximate surface area is 434 Å². The van der Waals surface area contributed by atoms with Gasteiger partial charge in [-0.3, -0.25) is 43.8 Å². The number of rotatable bonds is 16. The highest BCUT2D eigenvalue weighted by atomic mass is 16.2. The number of carbonyl (C=O) groups excluding carboxylic acids is 8. The predicted molar refractivity (Wildman–Crippen MR) is 282 cm³/mol. The summed E-state index contributed by atoms with van der Waals surface area (Å²) in [6.45, 7) is 3.80. The number of aromatic nitrogens is 3. The fourth-order valence-electron chi connectivity index (χ4n) is 8.89. The number of imidazole rings is 1. The molecule has 1 fully saturated rings. The van der Waals surface area contributed by atoms with Gasteiger partial charge < -0.3 is 63.6 Å². The molecule has 1 aliphatic rings. The van der Waals surface area contributed by atoms with E-state index in [1.165, 1.54) is 19.4 Å². The van der Waals surface area contributed by atoms with Crippen LogP contribution in [0.4, 0.5) is 0 Å². The van der Waals surface area contributed by atoms with Crippen LogP contribution in [-0.2, 0) is 57.6 Å². The lowest BCUT2D eigenvalue weighted by molar-refractivity contribution is -0.135. The van der Waals surface area contributed by atoms with Crippen LogP contribution in [0.2, 0.25) is 0 Å². The molecule has 0 radical (unpaired) electrons. The molecule has 1 aliphatic heterocycles. The number of carbonyl (C=O) groups is 8. The monoisotopic (exact) mass is 1030 g/mol. The number of nitrogens with two attached hydrogens (primary N) is 1. The summed E-state index contributed by atoms with van der Waals surface area (Å²) in [5.41, 5.74) is 8.18. The van der Waals surface area contributed by atoms with Crippen molar-refractivity contribution in [2.24, 2.45) is 5.73 Å². The maximum atomic E-state index is 14.9. The molecular formula is C53H70N14O8. The number of aromatic amines is 2. The molecular weight excluding hydrogens is 961 g/mol. The molecule has 75 heavy (non-hydrogen) atoms. The van der Waals surface area contributed by atoms with Crippen LogP contribution in [0.25, 0.3) is 21.7 Å². The van der Waals surface area contributed by atoms with Crippen LogP contribution in [0, 0.1) is 5.41 Å². The van der Waals surface area contributed by atoms with Gasteiger partial charge in [-0.1, -0.05) is 80.4 Å². The van der Waals surface area contributed by atoms with E-state index >= 15 is 0 Å². The lowest BCUT2D eigenvalue weighted by Crippen LogP contribution is -2.60. The van der Waals surface area contributed by atoms with Crippen LogP contribution in [-0.4, -0.2) is 124 Å². The van der Waals surface area contributed by atoms with E-state index in [1.807, 2.05) is 73.7 Å². The summed E-state index contributed by atoms with van der Waals surface area (Å²) < 4.78 is 0. The largest absolute Gasteiger partial charge is 0.370 e. The van der Waals surface area contributed by atoms with Gasteiger partial charge >= 0.3 is 0 Å². The molecule has 400 valence electrons. The number of guanidine groups is 1. The van der Waals surface area contributed by atoms with Gasteiger partial charge in [0.2, 0.25) is 47.3 Å². The highest BCUT2D eigenvalue weighted by Gasteiger charge is 2.34. The first kappa shape index (κ1) is 56.0. The summed E-state index contributed by atoms with van der Waals surface area (Å²) in [7, 11) is 0. The number of hydrogen-bond acceptors (Lipinski definition) is 10. The summed E-state index contributed by atoms with van der Waals surface area (Å²) >= 11 is 0. The molecule has 6 rings (SSSR count). The van der Waals surface area contributed by atoms with Crippen molar-refractivity contribution in [3.8, 4) is 0 Å². The molecule has 3 aromatic carbocycles. The quantitative estimate of drug-likeness (QED) is 0.0379. The highest BCUT2D eigenvalue weighted by molar-refractivity contribution is 5.98. The number of nitrogens with one attached hydrogen (secondary N) is 12. The average Bonchev–Trinajstić information content (AvgIpc) is 4.07. The molecule has 14 N–H and O–H groups in total. The third-order valence-corrected chi connectivity index (χ3v) is 12.9. The van der Waals surface area contributed by atoms with E-state index in [9.17, 15) is 38.4 Å². The van der Waals surface area contributed by atoms with Gasteiger partial charge in [0, 0.05) is 75.5 Å². The van der Waals surface area contributed by atoms with Crippen LogP contribution in [0.5, 0.6) is 0 Å². The number of fused-ring (bicyclic) bond motifs is 2. The van der Waals surface area contributed by atoms with Crippen LogP contribution < -0.4 is 53.6 Å². The van der Waals surface area contributed by atoms with E-state index < -0.39 is 83.5 Å². The van der Waals surface area contributed by atoms with Crippen molar-refractivity contribution in [1.82, 2.24) is 62.8 Å². The maximum absolute atomic E-state index is 14.9. The Morgan fingerprint density at radius 1 is 0.760 bits per heavy atom. The first-order chi connectivity index (χ1) is 36.2. The summed E-state index contributed by atoms with van der Waals surface area (Å²) in [6, 6.07) is 13.2. The summed E-state index contributed by atoms with van der Waals surface area (Å²) in [5, 5.41) is 35.5. The molecule has 0 spiro atoms. The number of unbranched alkanes of at least 4 members (excludes halogenated alkanes) is 1. The van der Waals surface area contributed by atoms with E-state index in [0.29, 0.717) is 30.5 Å². The van der Waals surface area contributed by atoms with Gasteiger partial charge in [-0.2, -0.15) is 0 Å². The van der Waals surface area contributed by atoms with Crippen LogP contribution in [0.15, 0.2) is 85.5 Å². The van der Waals surface area contributed by atoms with Gasteiger partial charge in [0.05, 0.1) is 12.0 Å². The van der Waals surface area contributed by atoms with E-state index in [-0.39, 0.29) is 77.0 Å². The minimum Gasteiger partial charge on any atom is -0.370 e. The standard InChI is InChI=1S/C53H70N14O8/c1-3-4-15-40(62-32(2)68)48(71)64-42-20-21-46(69)57-22-9-10-23-58-47(70)44(27-36-29-60-39-16-8-7-14-38(36)39)66-49(72)41(17-11-24-59-53(54)55)63-51(74)43(26-33-18-19-34-12-5-6-13-35(34)25-33)65-52(75)45(67-50(42)73)28-37-30-56-31-61-37/h5-8,12-14,16,18-19,25,29-31,40-45,60H,3-4,9-11,15,17,20-24,26-28H2,1-2H3,(H,56,61)(H,57,69)(H,58,70)(H,62,68)(H,63,74)(H,64,71)(H,65,75)(H,66,72)(H,67,73)(H4,54,55,59)/t40-,41-,42-,43+,44-,45-/m0/s1. The molecule has 22 nitrogen and oxygen atoms in total. The molecule has 22 heteroatoms. The molecule has 0 unspecified atom stereocenters. The number of H-pyrrole nitrogens is 2. The summed E-state index contributed by atoms with van der Waals surface area (Å²) in [4.78, 5) is 122. The third-order valence-electron chi connectivity index (χ3n) is 12.9. The second-order valence-electron chi connectivity index (χ2n) is 18.8. The Morgan fingerprint density at radius 3 is 2.15 bits per heavy atom. The zero-order valence-corrected chi connectivity index (χ0v) is 42.4. The van der Waals surface area contributed by atoms with Crippen LogP contribution >= 0.6 is 0 Å². The Bertz CT molecular complexity index is 2780. The van der Waals surface area contributed by atoms with Crippen molar-refractivity contribution < 1.29 is 38.4 Å². The Hall–Kier alpha value is -8.30. The number of amides is 8. The van der Waals surface area contributed by atoms with Crippen molar-refractivity contribution in [3.63, 3.8) is 0 Å². The first-order valence-electron chi connectivity index (χ1n) is 25.6. The van der Waals surface area contributed by atoms with E-state index in [1.54, 1.807) is 6.20 Å². The van der Waals surface area contributed by atoms with Crippen molar-refractivity contribution in [2.45, 2.75) is 127 Å². The Kier molecular flexibility index (Phi) is 21.1. The van der Waals surface area contributed by atoms with Gasteiger partial charge in [0.15, 0.2) is 5.96 Å². The van der Waals surface area contributed by atoms with Crippen molar-refractivity contribution in [3.05, 3.63) is 102 Å². The normalized spacial score (nSPS) is 20.3. The predicted octanol–water partition coefficient (Wildman–Crippen LogP) is 1.26. The zero-order chi connectivity index (χ0) is 53.7. The van der Waals surface area contributed by atoms with Gasteiger partial charge in [0.1, 0.15) is 36.3 Å². The second-order valence-corrected chi connectivity index (χ2v) is 18.8. The molecule has 3 heterocycles. The van der Waals surface area contributed by atoms with Gasteiger partial charge in [-0.05, 0) is 66.5 Å². The van der Waals surface area contributed by atoms with Gasteiger partial charge in [-0.15, -0.1) is 0 Å². The minimum atomic E-state index is -1.41. The molecule has 5 aromatic rings. The lowest BCUT2D eigenvalue weighted by atomic mass is 9.99. The van der Waals surface area contributed by atoms with Crippen molar-refractivity contribution in [1.29, 1.82) is 5.41 Å². The minimum absolute atomic E-state index is 0.0217. The Balaban J connectivity index is 1.36. The molecule has 6 atom stereocenters. The van der Waals surface area contributed by atoms with Gasteiger partial charge in [0.25, 0.3) is 0 Å². The van der Waals surface area contributed by atoms with Gasteiger partial charge in [-0.25, -0.2) is 4.98 Å². The van der Waals surface area contributed by atoms with E-state index in [0.717, 1.165) is 33.7 Å². The molecule has 0 aliphatic carbocycles. The average molecular weight is 1030 g/mol. The lowest BCUT2D eigenvalue weighted by Gasteiger charge is -2.28. The second kappa shape index (κ2) is 28.2. The SMILES string of the molecule is CCCC[C@H](NC(C)=O)C(=O)N[C@H]1CCC(=O)NCCCCNC(=O)[C@H](Cc2c[nH]c3ccccc23)NC(=O)[C@H](CCCNC(=N)N)NC(=O)[C@@H](Cc2ccc3ccccc3c2)NC(=O)[C@H](Cc2c[nH]cn2)NC1=O. The fraction of sp³-hybridized carbons (Fsp3) is 0.434. The zero-order valence-electron chi connectivity index (χ0n) is 42.4. The summed E-state index contributed by atoms with van der Waals surface area (Å²) in [5.74, 6) is -5.36. The topological polar surface area (TPSA) is 339 Å².